The van der Waals surface area contributed by atoms with Crippen molar-refractivity contribution in [3.8, 4) is 10.4 Å². The van der Waals surface area contributed by atoms with Crippen molar-refractivity contribution >= 4 is 11.3 Å². The fourth-order valence-electron chi connectivity index (χ4n) is 3.89. The molecule has 1 aliphatic rings. The van der Waals surface area contributed by atoms with Gasteiger partial charge in [0.15, 0.2) is 0 Å². The molecule has 4 N–H and O–H groups in total. The van der Waals surface area contributed by atoms with Gasteiger partial charge in [0.1, 0.15) is 36.3 Å². The Morgan fingerprint density at radius 3 is 2.48 bits per heavy atom. The van der Waals surface area contributed by atoms with Crippen LogP contribution in [0.4, 0.5) is 4.39 Å². The standard InChI is InChI=1S/C24H25FO5S/c1-13-2-3-15(23-21(28)22(29)24(30-23)19(27)12-26)10-16(13)11-18-8-9-20(31-18)14-4-6-17(25)7-5-14/h2-10,19,21-24,26-29H,11-12H2,1H3/t19-,21-,22-,23+,24+/m1/s1. The number of thiophene rings is 1. The minimum Gasteiger partial charge on any atom is -0.394 e. The number of halogens is 1. The minimum atomic E-state index is -1.28. The van der Waals surface area contributed by atoms with E-state index < -0.39 is 37.1 Å². The fraction of sp³-hybridized carbons (Fsp3) is 0.333. The Bertz CT molecular complexity index is 1030. The van der Waals surface area contributed by atoms with E-state index in [1.807, 2.05) is 37.3 Å². The zero-order valence-corrected chi connectivity index (χ0v) is 17.8. The van der Waals surface area contributed by atoms with Crippen LogP contribution in [0.5, 0.6) is 0 Å². The van der Waals surface area contributed by atoms with Crippen molar-refractivity contribution in [1.82, 2.24) is 0 Å². The third kappa shape index (κ3) is 4.57. The molecule has 5 nitrogen and oxygen atoms in total. The molecule has 31 heavy (non-hydrogen) atoms. The summed E-state index contributed by atoms with van der Waals surface area (Å²) in [4.78, 5) is 2.20. The van der Waals surface area contributed by atoms with Crippen LogP contribution in [0, 0.1) is 12.7 Å². The van der Waals surface area contributed by atoms with E-state index in [0.717, 1.165) is 26.4 Å². The molecule has 0 bridgehead atoms. The van der Waals surface area contributed by atoms with Crippen LogP contribution < -0.4 is 0 Å². The van der Waals surface area contributed by atoms with Gasteiger partial charge >= 0.3 is 0 Å². The van der Waals surface area contributed by atoms with E-state index in [1.165, 1.54) is 12.1 Å². The van der Waals surface area contributed by atoms with E-state index in [1.54, 1.807) is 23.5 Å². The fourth-order valence-corrected chi connectivity index (χ4v) is 4.93. The molecule has 1 aromatic heterocycles. The van der Waals surface area contributed by atoms with Crippen molar-refractivity contribution in [2.75, 3.05) is 6.61 Å². The molecule has 0 saturated carbocycles. The number of aliphatic hydroxyl groups excluding tert-OH is 4. The molecule has 0 radical (unpaired) electrons. The summed E-state index contributed by atoms with van der Waals surface area (Å²) >= 11 is 1.64. The molecule has 0 amide bonds. The average Bonchev–Trinajstić information content (AvgIpc) is 3.35. The van der Waals surface area contributed by atoms with Crippen LogP contribution in [0.15, 0.2) is 54.6 Å². The molecule has 0 spiro atoms. The summed E-state index contributed by atoms with van der Waals surface area (Å²) < 4.78 is 18.9. The molecule has 0 unspecified atom stereocenters. The van der Waals surface area contributed by atoms with Gasteiger partial charge in [-0.1, -0.05) is 30.3 Å². The van der Waals surface area contributed by atoms with E-state index in [2.05, 4.69) is 0 Å². The van der Waals surface area contributed by atoms with Gasteiger partial charge in [0, 0.05) is 16.2 Å². The monoisotopic (exact) mass is 444 g/mol. The van der Waals surface area contributed by atoms with Crippen LogP contribution in [0.1, 0.15) is 27.7 Å². The number of hydrogen-bond donors (Lipinski definition) is 4. The summed E-state index contributed by atoms with van der Waals surface area (Å²) in [5.41, 5.74) is 3.81. The zero-order chi connectivity index (χ0) is 22.1. The number of rotatable bonds is 6. The smallest absolute Gasteiger partial charge is 0.123 e. The summed E-state index contributed by atoms with van der Waals surface area (Å²) in [5.74, 6) is -0.261. The highest BCUT2D eigenvalue weighted by Crippen LogP contribution is 2.36. The van der Waals surface area contributed by atoms with Crippen LogP contribution in [0.25, 0.3) is 10.4 Å². The van der Waals surface area contributed by atoms with Gasteiger partial charge in [-0.05, 0) is 53.4 Å². The molecule has 5 atom stereocenters. The Labute approximate surface area is 184 Å². The third-order valence-electron chi connectivity index (χ3n) is 5.72. The predicted molar refractivity (Wildman–Crippen MR) is 116 cm³/mol. The molecule has 164 valence electrons. The van der Waals surface area contributed by atoms with Gasteiger partial charge in [0.05, 0.1) is 6.61 Å². The highest BCUT2D eigenvalue weighted by Gasteiger charge is 2.46. The molecule has 2 aromatic carbocycles. The van der Waals surface area contributed by atoms with Crippen molar-refractivity contribution in [3.63, 3.8) is 0 Å². The van der Waals surface area contributed by atoms with E-state index in [4.69, 9.17) is 9.84 Å². The normalized spacial score (nSPS) is 24.5. The number of hydrogen-bond acceptors (Lipinski definition) is 6. The quantitative estimate of drug-likeness (QED) is 0.469. The van der Waals surface area contributed by atoms with Crippen LogP contribution in [0.3, 0.4) is 0 Å². The van der Waals surface area contributed by atoms with Crippen LogP contribution in [-0.4, -0.2) is 51.4 Å². The molecule has 4 rings (SSSR count). The summed E-state index contributed by atoms with van der Waals surface area (Å²) in [5, 5.41) is 39.7. The van der Waals surface area contributed by atoms with E-state index in [0.29, 0.717) is 12.0 Å². The van der Waals surface area contributed by atoms with Crippen molar-refractivity contribution in [1.29, 1.82) is 0 Å². The second-order valence-electron chi connectivity index (χ2n) is 7.89. The van der Waals surface area contributed by atoms with E-state index in [9.17, 15) is 19.7 Å². The SMILES string of the molecule is Cc1ccc([C@@H]2O[C@@H]([C@H](O)CO)[C@H](O)[C@H]2O)cc1Cc1ccc(-c2ccc(F)cc2)s1. The Morgan fingerprint density at radius 1 is 1.03 bits per heavy atom. The van der Waals surface area contributed by atoms with Crippen LogP contribution in [-0.2, 0) is 11.2 Å². The average molecular weight is 445 g/mol. The maximum Gasteiger partial charge on any atom is 0.123 e. The molecule has 3 aromatic rings. The van der Waals surface area contributed by atoms with Gasteiger partial charge in [0.2, 0.25) is 0 Å². The lowest BCUT2D eigenvalue weighted by molar-refractivity contribution is -0.0820. The Kier molecular flexibility index (Phi) is 6.52. The molecule has 0 aliphatic carbocycles. The summed E-state index contributed by atoms with van der Waals surface area (Å²) in [6.07, 6.45) is -4.92. The van der Waals surface area contributed by atoms with Gasteiger partial charge in [-0.25, -0.2) is 4.39 Å². The second kappa shape index (κ2) is 9.16. The number of aliphatic hydroxyl groups is 4. The molecular weight excluding hydrogens is 419 g/mol. The topological polar surface area (TPSA) is 90.2 Å². The van der Waals surface area contributed by atoms with Crippen molar-refractivity contribution in [2.45, 2.75) is 43.9 Å². The lowest BCUT2D eigenvalue weighted by atomic mass is 9.95. The first-order chi connectivity index (χ1) is 14.9. The maximum absolute atomic E-state index is 13.2. The zero-order valence-electron chi connectivity index (χ0n) is 17.0. The molecule has 1 saturated heterocycles. The van der Waals surface area contributed by atoms with Gasteiger partial charge in [-0.3, -0.25) is 0 Å². The highest BCUT2D eigenvalue weighted by atomic mass is 32.1. The van der Waals surface area contributed by atoms with E-state index in [-0.39, 0.29) is 5.82 Å². The second-order valence-corrected chi connectivity index (χ2v) is 9.06. The number of ether oxygens (including phenoxy) is 1. The molecule has 7 heteroatoms. The van der Waals surface area contributed by atoms with E-state index >= 15 is 0 Å². The highest BCUT2D eigenvalue weighted by molar-refractivity contribution is 7.15. The molecule has 2 heterocycles. The first-order valence-electron chi connectivity index (χ1n) is 10.1. The lowest BCUT2D eigenvalue weighted by Gasteiger charge is -2.19. The largest absolute Gasteiger partial charge is 0.394 e. The predicted octanol–water partition coefficient (Wildman–Crippen LogP) is 2.97. The molecule has 1 aliphatic heterocycles. The maximum atomic E-state index is 13.2. The Morgan fingerprint density at radius 2 is 1.77 bits per heavy atom. The first-order valence-corrected chi connectivity index (χ1v) is 10.9. The summed E-state index contributed by atoms with van der Waals surface area (Å²) in [6, 6.07) is 16.2. The lowest BCUT2D eigenvalue weighted by Crippen LogP contribution is -2.40. The Balaban J connectivity index is 1.54. The number of aryl methyl sites for hydroxylation is 1. The van der Waals surface area contributed by atoms with Gasteiger partial charge < -0.3 is 25.2 Å². The van der Waals surface area contributed by atoms with Crippen LogP contribution in [0.2, 0.25) is 0 Å². The first kappa shape index (κ1) is 22.1. The van der Waals surface area contributed by atoms with Crippen molar-refractivity contribution < 1.29 is 29.6 Å². The summed E-state index contributed by atoms with van der Waals surface area (Å²) in [6.45, 7) is 1.45. The van der Waals surface area contributed by atoms with Crippen molar-refractivity contribution in [2.24, 2.45) is 0 Å². The van der Waals surface area contributed by atoms with Crippen molar-refractivity contribution in [3.05, 3.63) is 82.0 Å². The summed E-state index contributed by atoms with van der Waals surface area (Å²) in [7, 11) is 0. The number of benzene rings is 2. The van der Waals surface area contributed by atoms with Gasteiger partial charge in [-0.15, -0.1) is 11.3 Å². The van der Waals surface area contributed by atoms with Gasteiger partial charge in [0.25, 0.3) is 0 Å². The third-order valence-corrected chi connectivity index (χ3v) is 6.86. The van der Waals surface area contributed by atoms with Gasteiger partial charge in [-0.2, -0.15) is 0 Å². The van der Waals surface area contributed by atoms with Crippen LogP contribution >= 0.6 is 11.3 Å². The molecule has 1 fully saturated rings. The minimum absolute atomic E-state index is 0.261. The Hall–Kier alpha value is -2.13. The molecular formula is C24H25FO5S.